The van der Waals surface area contributed by atoms with E-state index in [2.05, 4.69) is 27.7 Å². The van der Waals surface area contributed by atoms with Gasteiger partial charge in [-0.3, -0.25) is 0 Å². The lowest BCUT2D eigenvalue weighted by Crippen LogP contribution is -2.21. The molecule has 0 saturated heterocycles. The second-order valence-corrected chi connectivity index (χ2v) is 4.99. The van der Waals surface area contributed by atoms with E-state index >= 15 is 0 Å². The van der Waals surface area contributed by atoms with Gasteiger partial charge >= 0.3 is 11.9 Å². The van der Waals surface area contributed by atoms with Gasteiger partial charge in [-0.1, -0.05) is 27.7 Å². The van der Waals surface area contributed by atoms with E-state index in [0.29, 0.717) is 11.8 Å². The van der Waals surface area contributed by atoms with Crippen molar-refractivity contribution in [3.63, 3.8) is 0 Å². The average molecular weight is 242 g/mol. The lowest BCUT2D eigenvalue weighted by Gasteiger charge is -2.20. The molecule has 0 aliphatic carbocycles. The van der Waals surface area contributed by atoms with Crippen molar-refractivity contribution in [3.8, 4) is 0 Å². The molecule has 98 valence electrons. The van der Waals surface area contributed by atoms with Gasteiger partial charge in [-0.15, -0.1) is 0 Å². The topological polar surface area (TPSA) is 63.6 Å². The van der Waals surface area contributed by atoms with Gasteiger partial charge in [-0.05, 0) is 24.7 Å². The highest BCUT2D eigenvalue weighted by molar-refractivity contribution is 5.90. The summed E-state index contributed by atoms with van der Waals surface area (Å²) < 4.78 is 5.23. The fourth-order valence-corrected chi connectivity index (χ4v) is 1.59. The minimum Gasteiger partial charge on any atom is -0.478 e. The van der Waals surface area contributed by atoms with Gasteiger partial charge in [-0.25, -0.2) is 9.59 Å². The van der Waals surface area contributed by atoms with Gasteiger partial charge in [0.2, 0.25) is 0 Å². The Labute approximate surface area is 103 Å². The molecule has 0 amide bonds. The van der Waals surface area contributed by atoms with E-state index in [4.69, 9.17) is 9.84 Å². The molecule has 1 N–H and O–H groups in total. The van der Waals surface area contributed by atoms with Gasteiger partial charge in [0.05, 0.1) is 0 Å². The van der Waals surface area contributed by atoms with E-state index in [-0.39, 0.29) is 6.10 Å². The molecular formula is C13H22O4. The summed E-state index contributed by atoms with van der Waals surface area (Å²) in [6, 6.07) is 0. The Morgan fingerprint density at radius 2 is 1.53 bits per heavy atom. The number of aliphatic carboxylic acids is 1. The Morgan fingerprint density at radius 1 is 1.06 bits per heavy atom. The number of hydrogen-bond donors (Lipinski definition) is 1. The van der Waals surface area contributed by atoms with Gasteiger partial charge in [0.15, 0.2) is 0 Å². The first kappa shape index (κ1) is 15.7. The van der Waals surface area contributed by atoms with E-state index in [1.807, 2.05) is 0 Å². The van der Waals surface area contributed by atoms with Crippen molar-refractivity contribution in [2.24, 2.45) is 11.8 Å². The van der Waals surface area contributed by atoms with Crippen LogP contribution < -0.4 is 0 Å². The third-order valence-corrected chi connectivity index (χ3v) is 2.11. The lowest BCUT2D eigenvalue weighted by atomic mass is 9.98. The standard InChI is InChI=1S/C13H22O4/c1-9(2)7-11(8-10(3)4)17-13(16)6-5-12(14)15/h5-6,9-11H,7-8H2,1-4H3,(H,14,15)/b6-5-. The molecule has 17 heavy (non-hydrogen) atoms. The molecule has 0 aromatic carbocycles. The fourth-order valence-electron chi connectivity index (χ4n) is 1.59. The molecule has 4 nitrogen and oxygen atoms in total. The summed E-state index contributed by atoms with van der Waals surface area (Å²) in [5.74, 6) is -0.852. The Bertz CT molecular complexity index is 269. The molecule has 0 aliphatic heterocycles. The van der Waals surface area contributed by atoms with E-state index in [0.717, 1.165) is 25.0 Å². The highest BCUT2D eigenvalue weighted by Gasteiger charge is 2.16. The highest BCUT2D eigenvalue weighted by Crippen LogP contribution is 2.16. The first-order chi connectivity index (χ1) is 7.81. The number of rotatable bonds is 7. The minimum absolute atomic E-state index is 0.138. The molecule has 0 rings (SSSR count). The Kier molecular flexibility index (Phi) is 7.26. The number of carbonyl (C=O) groups excluding carboxylic acids is 1. The monoisotopic (exact) mass is 242 g/mol. The maximum atomic E-state index is 11.3. The average Bonchev–Trinajstić information content (AvgIpc) is 2.12. The molecule has 0 bridgehead atoms. The Balaban J connectivity index is 4.31. The summed E-state index contributed by atoms with van der Waals surface area (Å²) in [5.41, 5.74) is 0. The van der Waals surface area contributed by atoms with Gasteiger partial charge in [-0.2, -0.15) is 0 Å². The third-order valence-electron chi connectivity index (χ3n) is 2.11. The third kappa shape index (κ3) is 9.60. The number of hydrogen-bond acceptors (Lipinski definition) is 3. The van der Waals surface area contributed by atoms with E-state index in [1.165, 1.54) is 0 Å². The van der Waals surface area contributed by atoms with Crippen molar-refractivity contribution in [1.82, 2.24) is 0 Å². The largest absolute Gasteiger partial charge is 0.478 e. The summed E-state index contributed by atoms with van der Waals surface area (Å²) in [6.45, 7) is 8.25. The van der Waals surface area contributed by atoms with E-state index < -0.39 is 11.9 Å². The van der Waals surface area contributed by atoms with Crippen LogP contribution in [0.2, 0.25) is 0 Å². The molecule has 0 aliphatic rings. The normalized spacial score (nSPS) is 11.7. The van der Waals surface area contributed by atoms with Crippen molar-refractivity contribution < 1.29 is 19.4 Å². The Morgan fingerprint density at radius 3 is 1.88 bits per heavy atom. The van der Waals surface area contributed by atoms with Crippen LogP contribution in [0, 0.1) is 11.8 Å². The summed E-state index contributed by atoms with van der Waals surface area (Å²) in [6.07, 6.45) is 3.21. The van der Waals surface area contributed by atoms with E-state index in [9.17, 15) is 9.59 Å². The van der Waals surface area contributed by atoms with Gasteiger partial charge in [0, 0.05) is 12.2 Å². The number of ether oxygens (including phenoxy) is 1. The quantitative estimate of drug-likeness (QED) is 0.550. The first-order valence-corrected chi connectivity index (χ1v) is 5.92. The number of carboxylic acids is 1. The maximum Gasteiger partial charge on any atom is 0.331 e. The van der Waals surface area contributed by atoms with Crippen molar-refractivity contribution in [3.05, 3.63) is 12.2 Å². The van der Waals surface area contributed by atoms with Crippen molar-refractivity contribution in [2.75, 3.05) is 0 Å². The zero-order chi connectivity index (χ0) is 13.4. The van der Waals surface area contributed by atoms with Crippen LogP contribution in [-0.4, -0.2) is 23.1 Å². The number of carbonyl (C=O) groups is 2. The molecule has 0 aromatic rings. The van der Waals surface area contributed by atoms with Crippen molar-refractivity contribution in [2.45, 2.75) is 46.6 Å². The smallest absolute Gasteiger partial charge is 0.331 e. The van der Waals surface area contributed by atoms with Crippen LogP contribution in [0.25, 0.3) is 0 Å². The summed E-state index contributed by atoms with van der Waals surface area (Å²) in [5, 5.41) is 8.39. The van der Waals surface area contributed by atoms with Crippen LogP contribution in [0.3, 0.4) is 0 Å². The summed E-state index contributed by atoms with van der Waals surface area (Å²) >= 11 is 0. The van der Waals surface area contributed by atoms with Crippen LogP contribution in [0.5, 0.6) is 0 Å². The first-order valence-electron chi connectivity index (χ1n) is 5.92. The number of esters is 1. The molecule has 0 aromatic heterocycles. The summed E-state index contributed by atoms with van der Waals surface area (Å²) in [7, 11) is 0. The molecule has 0 heterocycles. The van der Waals surface area contributed by atoms with Crippen LogP contribution in [0.15, 0.2) is 12.2 Å². The molecule has 0 saturated carbocycles. The molecule has 0 atom stereocenters. The number of carboxylic acid groups (broad SMARTS) is 1. The molecule has 0 unspecified atom stereocenters. The minimum atomic E-state index is -1.15. The Hall–Kier alpha value is -1.32. The van der Waals surface area contributed by atoms with Crippen LogP contribution >= 0.6 is 0 Å². The van der Waals surface area contributed by atoms with E-state index in [1.54, 1.807) is 0 Å². The van der Waals surface area contributed by atoms with Crippen LogP contribution in [-0.2, 0) is 14.3 Å². The molecule has 4 heteroatoms. The van der Waals surface area contributed by atoms with Crippen molar-refractivity contribution >= 4 is 11.9 Å². The second kappa shape index (κ2) is 7.87. The van der Waals surface area contributed by atoms with Gasteiger partial charge < -0.3 is 9.84 Å². The van der Waals surface area contributed by atoms with Crippen LogP contribution in [0.1, 0.15) is 40.5 Å². The molecule has 0 spiro atoms. The van der Waals surface area contributed by atoms with Crippen molar-refractivity contribution in [1.29, 1.82) is 0 Å². The SMILES string of the molecule is CC(C)CC(CC(C)C)OC(=O)/C=C\C(=O)O. The fraction of sp³-hybridized carbons (Fsp3) is 0.692. The van der Waals surface area contributed by atoms with Crippen LogP contribution in [0.4, 0.5) is 0 Å². The summed E-state index contributed by atoms with van der Waals surface area (Å²) in [4.78, 5) is 21.6. The molecule has 0 fully saturated rings. The molecular weight excluding hydrogens is 220 g/mol. The molecule has 0 radical (unpaired) electrons. The predicted molar refractivity (Wildman–Crippen MR) is 65.6 cm³/mol. The second-order valence-electron chi connectivity index (χ2n) is 4.99. The van der Waals surface area contributed by atoms with Gasteiger partial charge in [0.1, 0.15) is 6.10 Å². The van der Waals surface area contributed by atoms with Gasteiger partial charge in [0.25, 0.3) is 0 Å². The lowest BCUT2D eigenvalue weighted by molar-refractivity contribution is -0.145. The highest BCUT2D eigenvalue weighted by atomic mass is 16.5. The maximum absolute atomic E-state index is 11.3. The zero-order valence-corrected chi connectivity index (χ0v) is 11.0. The zero-order valence-electron chi connectivity index (χ0n) is 11.0. The predicted octanol–water partition coefficient (Wildman–Crippen LogP) is 2.63.